The molecule has 9 heteroatoms. The van der Waals surface area contributed by atoms with E-state index >= 15 is 0 Å². The fourth-order valence-corrected chi connectivity index (χ4v) is 1.78. The van der Waals surface area contributed by atoms with Gasteiger partial charge < -0.3 is 4.74 Å². The molecule has 0 spiro atoms. The minimum absolute atomic E-state index is 0.0532. The van der Waals surface area contributed by atoms with Crippen LogP contribution in [0.25, 0.3) is 0 Å². The van der Waals surface area contributed by atoms with Crippen LogP contribution in [0.1, 0.15) is 29.5 Å². The average Bonchev–Trinajstić information content (AvgIpc) is 2.28. The van der Waals surface area contributed by atoms with Crippen LogP contribution in [0, 0.1) is 13.7 Å². The Hall–Kier alpha value is -1.39. The molecular formula is C9H7F2IN2O4. The number of aromatic nitrogens is 1. The van der Waals surface area contributed by atoms with Crippen LogP contribution in [-0.2, 0) is 4.74 Å². The molecule has 6 nitrogen and oxygen atoms in total. The van der Waals surface area contributed by atoms with Gasteiger partial charge in [-0.05, 0) is 29.5 Å². The standard InChI is InChI=1S/C9H7F2IN2O4/c1-2-18-9(15)6-4(12)3-5(14(16)17)7(13-6)8(10)11/h3,8H,2H2,1H3. The third kappa shape index (κ3) is 3.09. The van der Waals surface area contributed by atoms with E-state index in [1.165, 1.54) is 0 Å². The Morgan fingerprint density at radius 1 is 1.67 bits per heavy atom. The second kappa shape index (κ2) is 5.98. The number of hydrogen-bond donors (Lipinski definition) is 0. The lowest BCUT2D eigenvalue weighted by Crippen LogP contribution is -2.12. The van der Waals surface area contributed by atoms with Crippen molar-refractivity contribution in [3.8, 4) is 0 Å². The van der Waals surface area contributed by atoms with Crippen LogP contribution in [0.15, 0.2) is 6.07 Å². The van der Waals surface area contributed by atoms with E-state index in [1.54, 1.807) is 29.5 Å². The van der Waals surface area contributed by atoms with Gasteiger partial charge in [-0.25, -0.2) is 18.6 Å². The lowest BCUT2D eigenvalue weighted by molar-refractivity contribution is -0.386. The van der Waals surface area contributed by atoms with Crippen molar-refractivity contribution in [2.75, 3.05) is 6.61 Å². The first kappa shape index (κ1) is 14.7. The Bertz CT molecular complexity index is 496. The van der Waals surface area contributed by atoms with Crippen molar-refractivity contribution in [1.82, 2.24) is 4.98 Å². The molecule has 0 atom stereocenters. The average molecular weight is 372 g/mol. The third-order valence-electron chi connectivity index (χ3n) is 1.86. The maximum Gasteiger partial charge on any atom is 0.358 e. The molecule has 1 heterocycles. The Balaban J connectivity index is 3.36. The van der Waals surface area contributed by atoms with E-state index in [9.17, 15) is 23.7 Å². The van der Waals surface area contributed by atoms with Crippen LogP contribution in [0.2, 0.25) is 0 Å². The molecule has 98 valence electrons. The summed E-state index contributed by atoms with van der Waals surface area (Å²) < 4.78 is 30.0. The van der Waals surface area contributed by atoms with Gasteiger partial charge in [-0.2, -0.15) is 0 Å². The molecule has 0 bridgehead atoms. The maximum atomic E-state index is 12.6. The number of carbonyl (C=O) groups excluding carboxylic acids is 1. The Kier molecular flexibility index (Phi) is 4.87. The number of pyridine rings is 1. The predicted octanol–water partition coefficient (Wildman–Crippen LogP) is 2.71. The van der Waals surface area contributed by atoms with E-state index in [4.69, 9.17) is 0 Å². The molecule has 1 rings (SSSR count). The van der Waals surface area contributed by atoms with Gasteiger partial charge in [-0.1, -0.05) is 0 Å². The summed E-state index contributed by atoms with van der Waals surface area (Å²) in [4.78, 5) is 24.4. The van der Waals surface area contributed by atoms with Crippen LogP contribution in [-0.4, -0.2) is 22.5 Å². The number of nitro groups is 1. The summed E-state index contributed by atoms with van der Waals surface area (Å²) in [7, 11) is 0. The second-order valence-electron chi connectivity index (χ2n) is 3.00. The molecular weight excluding hydrogens is 365 g/mol. The van der Waals surface area contributed by atoms with Crippen LogP contribution in [0.3, 0.4) is 0 Å². The SMILES string of the molecule is CCOC(=O)c1nc(C(F)F)c([N+](=O)[O-])cc1I. The molecule has 0 unspecified atom stereocenters. The van der Waals surface area contributed by atoms with E-state index in [0.717, 1.165) is 6.07 Å². The number of ether oxygens (including phenoxy) is 1. The summed E-state index contributed by atoms with van der Waals surface area (Å²) in [5, 5.41) is 10.6. The Labute approximate surface area is 114 Å². The fraction of sp³-hybridized carbons (Fsp3) is 0.333. The first-order valence-corrected chi connectivity index (χ1v) is 5.76. The molecule has 0 fully saturated rings. The quantitative estimate of drug-likeness (QED) is 0.351. The number of halogens is 3. The molecule has 0 N–H and O–H groups in total. The van der Waals surface area contributed by atoms with Crippen LogP contribution < -0.4 is 0 Å². The number of nitrogens with zero attached hydrogens (tertiary/aromatic N) is 2. The molecule has 0 saturated carbocycles. The van der Waals surface area contributed by atoms with E-state index in [2.05, 4.69) is 9.72 Å². The summed E-state index contributed by atoms with van der Waals surface area (Å²) >= 11 is 1.60. The van der Waals surface area contributed by atoms with Gasteiger partial charge >= 0.3 is 5.97 Å². The highest BCUT2D eigenvalue weighted by molar-refractivity contribution is 14.1. The summed E-state index contributed by atoms with van der Waals surface area (Å²) in [6.07, 6.45) is -3.14. The summed E-state index contributed by atoms with van der Waals surface area (Å²) in [5.74, 6) is -0.890. The number of carbonyl (C=O) groups is 1. The van der Waals surface area contributed by atoms with E-state index < -0.39 is 28.7 Å². The lowest BCUT2D eigenvalue weighted by atomic mass is 10.2. The highest BCUT2D eigenvalue weighted by atomic mass is 127. The van der Waals surface area contributed by atoms with Crippen molar-refractivity contribution in [3.63, 3.8) is 0 Å². The molecule has 0 aromatic carbocycles. The second-order valence-corrected chi connectivity index (χ2v) is 4.16. The van der Waals surface area contributed by atoms with E-state index in [0.29, 0.717) is 0 Å². The van der Waals surface area contributed by atoms with Gasteiger partial charge in [0.15, 0.2) is 11.4 Å². The highest BCUT2D eigenvalue weighted by Crippen LogP contribution is 2.29. The van der Waals surface area contributed by atoms with Gasteiger partial charge in [0.05, 0.1) is 15.1 Å². The van der Waals surface area contributed by atoms with Gasteiger partial charge in [0.25, 0.3) is 12.1 Å². The summed E-state index contributed by atoms with van der Waals surface area (Å²) in [5.41, 5.74) is -2.20. The summed E-state index contributed by atoms with van der Waals surface area (Å²) in [6.45, 7) is 1.60. The molecule has 0 radical (unpaired) electrons. The molecule has 0 aliphatic heterocycles. The third-order valence-corrected chi connectivity index (χ3v) is 2.68. The minimum Gasteiger partial charge on any atom is -0.461 e. The number of hydrogen-bond acceptors (Lipinski definition) is 5. The van der Waals surface area contributed by atoms with Gasteiger partial charge in [0, 0.05) is 6.07 Å². The Morgan fingerprint density at radius 3 is 2.72 bits per heavy atom. The van der Waals surface area contributed by atoms with Crippen molar-refractivity contribution < 1.29 is 23.2 Å². The van der Waals surface area contributed by atoms with Gasteiger partial charge in [-0.3, -0.25) is 10.1 Å². The molecule has 0 aliphatic rings. The molecule has 0 saturated heterocycles. The Morgan fingerprint density at radius 2 is 2.28 bits per heavy atom. The van der Waals surface area contributed by atoms with Crippen molar-refractivity contribution >= 4 is 34.2 Å². The van der Waals surface area contributed by atoms with Gasteiger partial charge in [0.2, 0.25) is 0 Å². The van der Waals surface area contributed by atoms with E-state index in [-0.39, 0.29) is 15.9 Å². The molecule has 0 aliphatic carbocycles. The maximum absolute atomic E-state index is 12.6. The van der Waals surface area contributed by atoms with Crippen LogP contribution in [0.5, 0.6) is 0 Å². The topological polar surface area (TPSA) is 82.3 Å². The van der Waals surface area contributed by atoms with Gasteiger partial charge in [-0.15, -0.1) is 0 Å². The van der Waals surface area contributed by atoms with Crippen LogP contribution >= 0.6 is 22.6 Å². The summed E-state index contributed by atoms with van der Waals surface area (Å²) in [6, 6.07) is 0.876. The molecule has 0 amide bonds. The molecule has 1 aromatic rings. The molecule has 18 heavy (non-hydrogen) atoms. The first-order valence-electron chi connectivity index (χ1n) is 4.68. The van der Waals surface area contributed by atoms with Crippen molar-refractivity contribution in [1.29, 1.82) is 0 Å². The zero-order valence-electron chi connectivity index (χ0n) is 9.02. The van der Waals surface area contributed by atoms with E-state index in [1.807, 2.05) is 0 Å². The lowest BCUT2D eigenvalue weighted by Gasteiger charge is -2.06. The molecule has 1 aromatic heterocycles. The number of alkyl halides is 2. The normalized spacial score (nSPS) is 10.5. The zero-order chi connectivity index (χ0) is 13.9. The highest BCUT2D eigenvalue weighted by Gasteiger charge is 2.28. The predicted molar refractivity (Wildman–Crippen MR) is 64.5 cm³/mol. The fourth-order valence-electron chi connectivity index (χ4n) is 1.14. The minimum atomic E-state index is -3.14. The smallest absolute Gasteiger partial charge is 0.358 e. The van der Waals surface area contributed by atoms with Crippen molar-refractivity contribution in [3.05, 3.63) is 31.1 Å². The number of esters is 1. The van der Waals surface area contributed by atoms with Crippen LogP contribution in [0.4, 0.5) is 14.5 Å². The van der Waals surface area contributed by atoms with Crippen molar-refractivity contribution in [2.24, 2.45) is 0 Å². The van der Waals surface area contributed by atoms with Gasteiger partial charge in [0.1, 0.15) is 0 Å². The largest absolute Gasteiger partial charge is 0.461 e. The first-order chi connectivity index (χ1) is 8.38. The number of rotatable bonds is 4. The van der Waals surface area contributed by atoms with Crippen molar-refractivity contribution in [2.45, 2.75) is 13.3 Å². The monoisotopic (exact) mass is 372 g/mol. The zero-order valence-corrected chi connectivity index (χ0v) is 11.2.